The van der Waals surface area contributed by atoms with Gasteiger partial charge in [0.2, 0.25) is 0 Å². The Morgan fingerprint density at radius 1 is 1.20 bits per heavy atom. The molecule has 0 saturated carbocycles. The lowest BCUT2D eigenvalue weighted by Crippen LogP contribution is -2.26. The van der Waals surface area contributed by atoms with Crippen molar-refractivity contribution < 1.29 is 0 Å². The Morgan fingerprint density at radius 3 is 2.70 bits per heavy atom. The quantitative estimate of drug-likeness (QED) is 0.842. The zero-order valence-corrected chi connectivity index (χ0v) is 12.6. The average Bonchev–Trinajstić information content (AvgIpc) is 2.93. The number of hydrogen-bond donors (Lipinski definition) is 1. The molecule has 0 saturated heterocycles. The molecule has 0 fully saturated rings. The molecular formula is C16H24N4. The summed E-state index contributed by atoms with van der Waals surface area (Å²) < 4.78 is 2.01. The zero-order chi connectivity index (χ0) is 14.4. The Balaban J connectivity index is 2.42. The summed E-state index contributed by atoms with van der Waals surface area (Å²) in [5.41, 5.74) is 3.86. The van der Waals surface area contributed by atoms with Crippen LogP contribution in [0.1, 0.15) is 50.1 Å². The van der Waals surface area contributed by atoms with Gasteiger partial charge in [-0.3, -0.25) is 0 Å². The van der Waals surface area contributed by atoms with E-state index in [-0.39, 0.29) is 6.04 Å². The third-order valence-electron chi connectivity index (χ3n) is 3.53. The Labute approximate surface area is 121 Å². The van der Waals surface area contributed by atoms with E-state index in [4.69, 9.17) is 0 Å². The molecule has 0 aliphatic carbocycles. The lowest BCUT2D eigenvalue weighted by Gasteiger charge is -2.21. The highest BCUT2D eigenvalue weighted by Crippen LogP contribution is 2.25. The molecule has 0 spiro atoms. The van der Waals surface area contributed by atoms with Crippen molar-refractivity contribution in [2.75, 3.05) is 6.54 Å². The molecule has 2 aromatic rings. The van der Waals surface area contributed by atoms with Crippen molar-refractivity contribution >= 4 is 0 Å². The second-order valence-electron chi connectivity index (χ2n) is 4.93. The second kappa shape index (κ2) is 7.20. The fourth-order valence-corrected chi connectivity index (χ4v) is 2.59. The topological polar surface area (TPSA) is 42.7 Å². The van der Waals surface area contributed by atoms with Crippen LogP contribution in [0.15, 0.2) is 30.5 Å². The van der Waals surface area contributed by atoms with Gasteiger partial charge in [0.1, 0.15) is 0 Å². The molecule has 0 aliphatic rings. The predicted octanol–water partition coefficient (Wildman–Crippen LogP) is 2.95. The number of rotatable bonds is 7. The molecule has 1 unspecified atom stereocenters. The summed E-state index contributed by atoms with van der Waals surface area (Å²) in [4.78, 5) is 0. The maximum absolute atomic E-state index is 4.22. The molecule has 0 radical (unpaired) electrons. The Kier molecular flexibility index (Phi) is 5.30. The average molecular weight is 272 g/mol. The van der Waals surface area contributed by atoms with Gasteiger partial charge in [0.15, 0.2) is 0 Å². The molecule has 1 aromatic heterocycles. The van der Waals surface area contributed by atoms with E-state index in [1.54, 1.807) is 0 Å². The first-order chi connectivity index (χ1) is 9.81. The van der Waals surface area contributed by atoms with E-state index in [9.17, 15) is 0 Å². The van der Waals surface area contributed by atoms with Crippen LogP contribution in [0.4, 0.5) is 0 Å². The van der Waals surface area contributed by atoms with E-state index in [1.807, 2.05) is 10.9 Å². The molecule has 0 amide bonds. The monoisotopic (exact) mass is 272 g/mol. The van der Waals surface area contributed by atoms with E-state index in [2.05, 4.69) is 60.7 Å². The highest BCUT2D eigenvalue weighted by atomic mass is 15.4. The molecule has 4 heteroatoms. The zero-order valence-electron chi connectivity index (χ0n) is 12.6. The first-order valence-corrected chi connectivity index (χ1v) is 7.51. The predicted molar refractivity (Wildman–Crippen MR) is 81.7 cm³/mol. The normalized spacial score (nSPS) is 12.6. The molecule has 0 aliphatic heterocycles. The van der Waals surface area contributed by atoms with Crippen LogP contribution in [0.25, 0.3) is 0 Å². The van der Waals surface area contributed by atoms with Crippen LogP contribution >= 0.6 is 0 Å². The minimum absolute atomic E-state index is 0.165. The van der Waals surface area contributed by atoms with Crippen molar-refractivity contribution in [2.24, 2.45) is 0 Å². The Hall–Kier alpha value is -1.68. The van der Waals surface area contributed by atoms with Crippen LogP contribution in [-0.4, -0.2) is 21.5 Å². The van der Waals surface area contributed by atoms with Gasteiger partial charge in [-0.25, -0.2) is 4.68 Å². The first-order valence-electron chi connectivity index (χ1n) is 7.51. The van der Waals surface area contributed by atoms with E-state index in [1.165, 1.54) is 11.1 Å². The van der Waals surface area contributed by atoms with Gasteiger partial charge in [-0.05, 0) is 30.5 Å². The van der Waals surface area contributed by atoms with Crippen molar-refractivity contribution in [3.05, 3.63) is 47.3 Å². The van der Waals surface area contributed by atoms with Crippen LogP contribution in [0, 0.1) is 0 Å². The van der Waals surface area contributed by atoms with Gasteiger partial charge < -0.3 is 5.32 Å². The molecule has 2 rings (SSSR count). The molecule has 1 heterocycles. The number of hydrogen-bond acceptors (Lipinski definition) is 3. The molecule has 1 atom stereocenters. The summed E-state index contributed by atoms with van der Waals surface area (Å²) in [6.45, 7) is 8.32. The largest absolute Gasteiger partial charge is 0.305 e. The third kappa shape index (κ3) is 3.07. The van der Waals surface area contributed by atoms with Crippen LogP contribution < -0.4 is 5.32 Å². The van der Waals surface area contributed by atoms with Crippen molar-refractivity contribution in [2.45, 2.75) is 46.2 Å². The molecule has 1 aromatic carbocycles. The van der Waals surface area contributed by atoms with Gasteiger partial charge in [-0.1, -0.05) is 50.3 Å². The summed E-state index contributed by atoms with van der Waals surface area (Å²) >= 11 is 0. The lowest BCUT2D eigenvalue weighted by molar-refractivity contribution is 0.510. The third-order valence-corrected chi connectivity index (χ3v) is 3.53. The standard InChI is InChI=1S/C16H24N4/c1-4-11-20-15(12-18-19-20)16(17-6-3)14-10-8-7-9-13(14)5-2/h7-10,12,16-17H,4-6,11H2,1-3H3. The number of aromatic nitrogens is 3. The number of nitrogens with zero attached hydrogens (tertiary/aromatic N) is 3. The summed E-state index contributed by atoms with van der Waals surface area (Å²) in [6, 6.07) is 8.78. The van der Waals surface area contributed by atoms with Crippen molar-refractivity contribution in [3.8, 4) is 0 Å². The van der Waals surface area contributed by atoms with Gasteiger partial charge in [0.25, 0.3) is 0 Å². The van der Waals surface area contributed by atoms with Crippen molar-refractivity contribution in [3.63, 3.8) is 0 Å². The number of aryl methyl sites for hydroxylation is 2. The van der Waals surface area contributed by atoms with Gasteiger partial charge in [-0.2, -0.15) is 0 Å². The van der Waals surface area contributed by atoms with Gasteiger partial charge >= 0.3 is 0 Å². The van der Waals surface area contributed by atoms with Gasteiger partial charge in [-0.15, -0.1) is 5.10 Å². The van der Waals surface area contributed by atoms with E-state index in [0.717, 1.165) is 31.6 Å². The maximum atomic E-state index is 4.22. The minimum Gasteiger partial charge on any atom is -0.305 e. The molecule has 20 heavy (non-hydrogen) atoms. The fraction of sp³-hybridized carbons (Fsp3) is 0.500. The highest BCUT2D eigenvalue weighted by Gasteiger charge is 2.20. The van der Waals surface area contributed by atoms with E-state index >= 15 is 0 Å². The molecular weight excluding hydrogens is 248 g/mol. The summed E-state index contributed by atoms with van der Waals surface area (Å²) in [7, 11) is 0. The van der Waals surface area contributed by atoms with Crippen LogP contribution in [0.5, 0.6) is 0 Å². The van der Waals surface area contributed by atoms with Gasteiger partial charge in [0, 0.05) is 6.54 Å². The molecule has 1 N–H and O–H groups in total. The number of nitrogens with one attached hydrogen (secondary N) is 1. The number of benzene rings is 1. The first kappa shape index (κ1) is 14.7. The minimum atomic E-state index is 0.165. The summed E-state index contributed by atoms with van der Waals surface area (Å²) in [5, 5.41) is 11.9. The SMILES string of the molecule is CCCn1nncc1C(NCC)c1ccccc1CC. The molecule has 4 nitrogen and oxygen atoms in total. The smallest absolute Gasteiger partial charge is 0.0802 e. The highest BCUT2D eigenvalue weighted by molar-refractivity contribution is 5.34. The van der Waals surface area contributed by atoms with Crippen LogP contribution in [0.3, 0.4) is 0 Å². The Morgan fingerprint density at radius 2 is 2.00 bits per heavy atom. The van der Waals surface area contributed by atoms with Gasteiger partial charge in [0.05, 0.1) is 17.9 Å². The van der Waals surface area contributed by atoms with Crippen molar-refractivity contribution in [1.82, 2.24) is 20.3 Å². The van der Waals surface area contributed by atoms with Crippen LogP contribution in [0.2, 0.25) is 0 Å². The van der Waals surface area contributed by atoms with Crippen molar-refractivity contribution in [1.29, 1.82) is 0 Å². The second-order valence-corrected chi connectivity index (χ2v) is 4.93. The fourth-order valence-electron chi connectivity index (χ4n) is 2.59. The van der Waals surface area contributed by atoms with E-state index in [0.29, 0.717) is 0 Å². The molecule has 0 bridgehead atoms. The van der Waals surface area contributed by atoms with E-state index < -0.39 is 0 Å². The summed E-state index contributed by atoms with van der Waals surface area (Å²) in [6.07, 6.45) is 3.98. The van der Waals surface area contributed by atoms with Crippen LogP contribution in [-0.2, 0) is 13.0 Å². The lowest BCUT2D eigenvalue weighted by atomic mass is 9.96. The maximum Gasteiger partial charge on any atom is 0.0802 e. The molecule has 108 valence electrons. The Bertz CT molecular complexity index is 533. The summed E-state index contributed by atoms with van der Waals surface area (Å²) in [5.74, 6) is 0.